The summed E-state index contributed by atoms with van der Waals surface area (Å²) in [5.41, 5.74) is 0. The van der Waals surface area contributed by atoms with Crippen LogP contribution in [0.5, 0.6) is 0 Å². The summed E-state index contributed by atoms with van der Waals surface area (Å²) in [6.07, 6.45) is 0. The zero-order chi connectivity index (χ0) is 14.8. The molecule has 2 N–H and O–H groups in total. The van der Waals surface area contributed by atoms with Crippen LogP contribution in [0.3, 0.4) is 0 Å². The molecule has 0 saturated heterocycles. The van der Waals surface area contributed by atoms with E-state index in [9.17, 15) is 9.59 Å². The SMILES string of the molecule is CO[Si](O)(OO[Si](O)(OC)[Si](C)(C)C)[Si](C)(C)C. The molecule has 10 heteroatoms. The number of hydrogen-bond donors (Lipinski definition) is 2. The van der Waals surface area contributed by atoms with Crippen molar-refractivity contribution in [3.8, 4) is 0 Å². The average Bonchev–Trinajstić information content (AvgIpc) is 2.22. The van der Waals surface area contributed by atoms with Gasteiger partial charge in [0.25, 0.3) is 0 Å². The Morgan fingerprint density at radius 2 is 0.833 bits per heavy atom. The largest absolute Gasteiger partial charge is 0.494 e. The minimum Gasteiger partial charge on any atom is -0.391 e. The molecule has 110 valence electrons. The van der Waals surface area contributed by atoms with E-state index in [0.717, 1.165) is 0 Å². The standard InChI is InChI=1S/C8H26O6Si4/c1-11-17(9,15(3,4)5)13-14-18(10,12-2)16(6,7)8/h9-10H,1-8H3. The Labute approximate surface area is 113 Å². The summed E-state index contributed by atoms with van der Waals surface area (Å²) in [5, 5.41) is 0. The predicted molar refractivity (Wildman–Crippen MR) is 78.8 cm³/mol. The molecule has 0 aromatic heterocycles. The molecule has 0 aliphatic rings. The van der Waals surface area contributed by atoms with Gasteiger partial charge in [-0.15, -0.1) is 0 Å². The molecule has 2 atom stereocenters. The highest BCUT2D eigenvalue weighted by Gasteiger charge is 2.57. The van der Waals surface area contributed by atoms with Crippen molar-refractivity contribution in [2.45, 2.75) is 39.3 Å². The Bertz CT molecular complexity index is 250. The summed E-state index contributed by atoms with van der Waals surface area (Å²) in [6, 6.07) is 0. The van der Waals surface area contributed by atoms with Crippen molar-refractivity contribution >= 4 is 31.8 Å². The fraction of sp³-hybridized carbons (Fsp3) is 1.00. The van der Waals surface area contributed by atoms with Gasteiger partial charge in [-0.3, -0.25) is 0 Å². The lowest BCUT2D eigenvalue weighted by molar-refractivity contribution is -0.187. The van der Waals surface area contributed by atoms with Gasteiger partial charge in [-0.2, -0.15) is 0 Å². The minimum atomic E-state index is -3.40. The Balaban J connectivity index is 4.93. The van der Waals surface area contributed by atoms with Gasteiger partial charge in [0.05, 0.1) is 0 Å². The summed E-state index contributed by atoms with van der Waals surface area (Å²) in [5.74, 6) is 0. The van der Waals surface area contributed by atoms with Gasteiger partial charge in [0.15, 0.2) is 0 Å². The van der Waals surface area contributed by atoms with E-state index in [0.29, 0.717) is 0 Å². The summed E-state index contributed by atoms with van der Waals surface area (Å²) in [4.78, 5) is 20.8. The Morgan fingerprint density at radius 3 is 0.944 bits per heavy atom. The van der Waals surface area contributed by atoms with E-state index in [-0.39, 0.29) is 0 Å². The van der Waals surface area contributed by atoms with E-state index in [2.05, 4.69) is 0 Å². The fourth-order valence-corrected chi connectivity index (χ4v) is 9.73. The smallest absolute Gasteiger partial charge is 0.391 e. The molecule has 0 fully saturated rings. The Hall–Kier alpha value is 0.628. The van der Waals surface area contributed by atoms with Crippen molar-refractivity contribution in [2.24, 2.45) is 0 Å². The van der Waals surface area contributed by atoms with Crippen molar-refractivity contribution in [1.29, 1.82) is 0 Å². The van der Waals surface area contributed by atoms with Crippen LogP contribution in [0, 0.1) is 0 Å². The molecule has 0 aliphatic carbocycles. The first-order valence-electron chi connectivity index (χ1n) is 5.75. The first-order chi connectivity index (χ1) is 7.83. The van der Waals surface area contributed by atoms with Crippen molar-refractivity contribution < 1.29 is 27.6 Å². The molecule has 2 unspecified atom stereocenters. The van der Waals surface area contributed by atoms with Crippen LogP contribution in [0.25, 0.3) is 0 Å². The predicted octanol–water partition coefficient (Wildman–Crippen LogP) is 0.923. The maximum Gasteiger partial charge on any atom is 0.494 e. The lowest BCUT2D eigenvalue weighted by Crippen LogP contribution is -2.67. The molecule has 0 amide bonds. The van der Waals surface area contributed by atoms with Crippen LogP contribution in [0.2, 0.25) is 39.3 Å². The van der Waals surface area contributed by atoms with Crippen molar-refractivity contribution in [1.82, 2.24) is 0 Å². The van der Waals surface area contributed by atoms with E-state index >= 15 is 0 Å². The lowest BCUT2D eigenvalue weighted by Gasteiger charge is -2.36. The second kappa shape index (κ2) is 5.95. The molecule has 6 nitrogen and oxygen atoms in total. The van der Waals surface area contributed by atoms with E-state index in [4.69, 9.17) is 18.0 Å². The molecule has 0 bridgehead atoms. The number of hydrogen-bond acceptors (Lipinski definition) is 6. The van der Waals surface area contributed by atoms with Crippen LogP contribution >= 0.6 is 0 Å². The van der Waals surface area contributed by atoms with Crippen molar-refractivity contribution in [3.63, 3.8) is 0 Å². The third-order valence-corrected chi connectivity index (χ3v) is 21.5. The van der Waals surface area contributed by atoms with Crippen LogP contribution in [-0.4, -0.2) is 55.6 Å². The molecule has 0 aromatic rings. The first-order valence-corrected chi connectivity index (χ1v) is 18.3. The summed E-state index contributed by atoms with van der Waals surface area (Å²) < 4.78 is 20.6. The van der Waals surface area contributed by atoms with E-state index in [1.54, 1.807) is 0 Å². The van der Waals surface area contributed by atoms with Crippen LogP contribution in [0.1, 0.15) is 0 Å². The number of rotatable bonds is 7. The van der Waals surface area contributed by atoms with Crippen LogP contribution in [-0.2, 0) is 18.0 Å². The Kier molecular flexibility index (Phi) is 6.15. The average molecular weight is 331 g/mol. The van der Waals surface area contributed by atoms with Gasteiger partial charge in [0.2, 0.25) is 0 Å². The van der Waals surface area contributed by atoms with Gasteiger partial charge in [0.1, 0.15) is 15.2 Å². The van der Waals surface area contributed by atoms with Gasteiger partial charge >= 0.3 is 16.6 Å². The molecule has 0 heterocycles. The quantitative estimate of drug-likeness (QED) is 0.411. The third-order valence-electron chi connectivity index (χ3n) is 2.72. The topological polar surface area (TPSA) is 77.4 Å². The van der Waals surface area contributed by atoms with Gasteiger partial charge < -0.3 is 18.4 Å². The van der Waals surface area contributed by atoms with E-state index in [1.807, 2.05) is 39.3 Å². The van der Waals surface area contributed by atoms with Crippen molar-refractivity contribution in [3.05, 3.63) is 0 Å². The molecular weight excluding hydrogens is 304 g/mol. The molecule has 0 aromatic carbocycles. The van der Waals surface area contributed by atoms with Crippen LogP contribution < -0.4 is 0 Å². The van der Waals surface area contributed by atoms with Gasteiger partial charge in [-0.25, -0.2) is 9.15 Å². The highest BCUT2D eigenvalue weighted by molar-refractivity contribution is 7.34. The molecule has 0 aliphatic heterocycles. The second-order valence-electron chi connectivity index (χ2n) is 6.24. The van der Waals surface area contributed by atoms with Gasteiger partial charge in [-0.05, 0) is 0 Å². The van der Waals surface area contributed by atoms with Gasteiger partial charge in [-0.1, -0.05) is 39.3 Å². The zero-order valence-electron chi connectivity index (χ0n) is 12.5. The Morgan fingerprint density at radius 1 is 0.611 bits per heavy atom. The molecule has 0 saturated carbocycles. The summed E-state index contributed by atoms with van der Waals surface area (Å²) >= 11 is 0. The maximum atomic E-state index is 10.4. The molecule has 0 rings (SSSR count). The van der Waals surface area contributed by atoms with Crippen molar-refractivity contribution in [2.75, 3.05) is 14.2 Å². The summed E-state index contributed by atoms with van der Waals surface area (Å²) in [7, 11) is -8.17. The van der Waals surface area contributed by atoms with Gasteiger partial charge in [0, 0.05) is 14.2 Å². The van der Waals surface area contributed by atoms with Crippen LogP contribution in [0.4, 0.5) is 0 Å². The molecule has 18 heavy (non-hydrogen) atoms. The monoisotopic (exact) mass is 330 g/mol. The third kappa shape index (κ3) is 4.06. The lowest BCUT2D eigenvalue weighted by atomic mass is 11.8. The highest BCUT2D eigenvalue weighted by atomic mass is 29.3. The normalized spacial score (nSPS) is 20.3. The maximum absolute atomic E-state index is 10.4. The molecular formula is C8H26O6Si4. The fourth-order valence-electron chi connectivity index (χ4n) is 1.04. The van der Waals surface area contributed by atoms with E-state index in [1.165, 1.54) is 14.2 Å². The van der Waals surface area contributed by atoms with Crippen LogP contribution in [0.15, 0.2) is 0 Å². The molecule has 0 spiro atoms. The minimum absolute atomic E-state index is 1.40. The highest BCUT2D eigenvalue weighted by Crippen LogP contribution is 2.24. The van der Waals surface area contributed by atoms with E-state index < -0.39 is 31.8 Å². The first kappa shape index (κ1) is 18.6. The zero-order valence-corrected chi connectivity index (χ0v) is 16.5. The second-order valence-corrected chi connectivity index (χ2v) is 31.5. The summed E-state index contributed by atoms with van der Waals surface area (Å²) in [6.45, 7) is 11.5. The molecule has 0 radical (unpaired) electrons.